The molecule has 0 aromatic rings. The normalized spacial score (nSPS) is 45.5. The third-order valence-electron chi connectivity index (χ3n) is 2.85. The Morgan fingerprint density at radius 1 is 1.60 bits per heavy atom. The van der Waals surface area contributed by atoms with E-state index in [4.69, 9.17) is 5.73 Å². The predicted molar refractivity (Wildman–Crippen MR) is 41.7 cm³/mol. The van der Waals surface area contributed by atoms with Crippen molar-refractivity contribution in [3.8, 4) is 0 Å². The van der Waals surface area contributed by atoms with Crippen LogP contribution in [0.3, 0.4) is 0 Å². The summed E-state index contributed by atoms with van der Waals surface area (Å²) in [6.07, 6.45) is 6.80. The van der Waals surface area contributed by atoms with E-state index in [0.29, 0.717) is 11.5 Å². The molecule has 1 heterocycles. The summed E-state index contributed by atoms with van der Waals surface area (Å²) in [5.74, 6) is 0. The maximum atomic E-state index is 5.95. The second-order valence-electron chi connectivity index (χ2n) is 3.45. The molecule has 0 amide bonds. The summed E-state index contributed by atoms with van der Waals surface area (Å²) in [5.41, 5.74) is 6.35. The molecule has 0 aromatic heterocycles. The van der Waals surface area contributed by atoms with Gasteiger partial charge in [-0.2, -0.15) is 0 Å². The molecule has 1 aliphatic heterocycles. The molecule has 2 rings (SSSR count). The lowest BCUT2D eigenvalue weighted by atomic mass is 9.81. The van der Waals surface area contributed by atoms with Crippen LogP contribution in [0.2, 0.25) is 0 Å². The fourth-order valence-corrected chi connectivity index (χ4v) is 2.01. The van der Waals surface area contributed by atoms with Gasteiger partial charge in [0.1, 0.15) is 0 Å². The smallest absolute Gasteiger partial charge is 0.0296 e. The van der Waals surface area contributed by atoms with Crippen LogP contribution >= 0.6 is 0 Å². The van der Waals surface area contributed by atoms with Gasteiger partial charge < -0.3 is 11.1 Å². The molecule has 2 heteroatoms. The van der Waals surface area contributed by atoms with Crippen LogP contribution in [-0.2, 0) is 0 Å². The van der Waals surface area contributed by atoms with Crippen LogP contribution < -0.4 is 11.1 Å². The Bertz CT molecular complexity index is 157. The average molecular weight is 138 g/mol. The van der Waals surface area contributed by atoms with Crippen molar-refractivity contribution in [2.24, 2.45) is 11.1 Å². The highest BCUT2D eigenvalue weighted by atomic mass is 14.9. The fraction of sp³-hybridized carbons (Fsp3) is 0.750. The van der Waals surface area contributed by atoms with Gasteiger partial charge in [-0.05, 0) is 19.4 Å². The molecule has 1 saturated heterocycles. The molecular formula is C8H14N2. The minimum atomic E-state index is 0.308. The summed E-state index contributed by atoms with van der Waals surface area (Å²) >= 11 is 0. The van der Waals surface area contributed by atoms with E-state index in [0.717, 1.165) is 13.1 Å². The zero-order chi connectivity index (χ0) is 7.03. The van der Waals surface area contributed by atoms with Crippen LogP contribution in [0.25, 0.3) is 0 Å². The van der Waals surface area contributed by atoms with E-state index < -0.39 is 0 Å². The van der Waals surface area contributed by atoms with Gasteiger partial charge in [-0.15, -0.1) is 0 Å². The molecule has 1 spiro atoms. The van der Waals surface area contributed by atoms with E-state index in [1.807, 2.05) is 0 Å². The maximum absolute atomic E-state index is 5.95. The highest BCUT2D eigenvalue weighted by Crippen LogP contribution is 2.37. The first-order valence-corrected chi connectivity index (χ1v) is 3.96. The number of nitrogens with two attached hydrogens (primary N) is 1. The van der Waals surface area contributed by atoms with Gasteiger partial charge in [-0.1, -0.05) is 12.2 Å². The Hall–Kier alpha value is -0.340. The lowest BCUT2D eigenvalue weighted by molar-refractivity contribution is 0.310. The molecule has 2 atom stereocenters. The van der Waals surface area contributed by atoms with E-state index >= 15 is 0 Å². The Labute approximate surface area is 61.5 Å². The Kier molecular flexibility index (Phi) is 1.32. The number of rotatable bonds is 0. The minimum absolute atomic E-state index is 0.308. The third-order valence-corrected chi connectivity index (χ3v) is 2.85. The zero-order valence-corrected chi connectivity index (χ0v) is 6.14. The molecule has 2 unspecified atom stereocenters. The number of hydrogen-bond acceptors (Lipinski definition) is 2. The van der Waals surface area contributed by atoms with Crippen molar-refractivity contribution in [2.45, 2.75) is 18.9 Å². The van der Waals surface area contributed by atoms with Gasteiger partial charge in [-0.3, -0.25) is 0 Å². The summed E-state index contributed by atoms with van der Waals surface area (Å²) < 4.78 is 0. The van der Waals surface area contributed by atoms with Gasteiger partial charge in [0.05, 0.1) is 0 Å². The quantitative estimate of drug-likeness (QED) is 0.471. The van der Waals surface area contributed by atoms with E-state index in [1.54, 1.807) is 0 Å². The first-order chi connectivity index (χ1) is 4.83. The molecule has 0 radical (unpaired) electrons. The molecule has 2 aliphatic rings. The molecule has 0 bridgehead atoms. The molecule has 2 nitrogen and oxygen atoms in total. The predicted octanol–water partition coefficient (Wildman–Crippen LogP) is 0.253. The molecule has 10 heavy (non-hydrogen) atoms. The first-order valence-electron chi connectivity index (χ1n) is 3.96. The van der Waals surface area contributed by atoms with Gasteiger partial charge >= 0.3 is 0 Å². The molecule has 1 aliphatic carbocycles. The largest absolute Gasteiger partial charge is 0.324 e. The van der Waals surface area contributed by atoms with Gasteiger partial charge in [0, 0.05) is 18.0 Å². The third kappa shape index (κ3) is 0.724. The van der Waals surface area contributed by atoms with Crippen LogP contribution in [0.15, 0.2) is 12.2 Å². The Balaban J connectivity index is 2.15. The summed E-state index contributed by atoms with van der Waals surface area (Å²) in [4.78, 5) is 0. The van der Waals surface area contributed by atoms with Crippen molar-refractivity contribution in [2.75, 3.05) is 13.1 Å². The van der Waals surface area contributed by atoms with E-state index in [9.17, 15) is 0 Å². The monoisotopic (exact) mass is 138 g/mol. The minimum Gasteiger partial charge on any atom is -0.324 e. The van der Waals surface area contributed by atoms with Crippen LogP contribution in [0.5, 0.6) is 0 Å². The van der Waals surface area contributed by atoms with Crippen molar-refractivity contribution in [1.82, 2.24) is 5.32 Å². The van der Waals surface area contributed by atoms with Gasteiger partial charge in [-0.25, -0.2) is 0 Å². The SMILES string of the molecule is NC1C=CCC12CCNC2. The Morgan fingerprint density at radius 3 is 3.00 bits per heavy atom. The molecule has 56 valence electrons. The molecule has 0 aromatic carbocycles. The second kappa shape index (κ2) is 2.07. The molecular weight excluding hydrogens is 124 g/mol. The number of hydrogen-bond donors (Lipinski definition) is 2. The number of allylic oxidation sites excluding steroid dienone is 1. The van der Waals surface area contributed by atoms with Gasteiger partial charge in [0.25, 0.3) is 0 Å². The average Bonchev–Trinajstić information content (AvgIpc) is 2.48. The van der Waals surface area contributed by atoms with Crippen LogP contribution in [-0.4, -0.2) is 19.1 Å². The standard InChI is InChI=1S/C8H14N2/c9-7-2-1-3-8(7)4-5-10-6-8/h1-2,7,10H,3-6,9H2. The summed E-state index contributed by atoms with van der Waals surface area (Å²) in [7, 11) is 0. The van der Waals surface area contributed by atoms with E-state index in [1.165, 1.54) is 12.8 Å². The zero-order valence-electron chi connectivity index (χ0n) is 6.14. The van der Waals surface area contributed by atoms with Gasteiger partial charge in [0.15, 0.2) is 0 Å². The van der Waals surface area contributed by atoms with Crippen LogP contribution in [0, 0.1) is 5.41 Å². The molecule has 1 fully saturated rings. The fourth-order valence-electron chi connectivity index (χ4n) is 2.01. The molecule has 0 saturated carbocycles. The highest BCUT2D eigenvalue weighted by molar-refractivity contribution is 5.14. The van der Waals surface area contributed by atoms with Crippen molar-refractivity contribution in [3.63, 3.8) is 0 Å². The molecule has 3 N–H and O–H groups in total. The van der Waals surface area contributed by atoms with E-state index in [-0.39, 0.29) is 0 Å². The lowest BCUT2D eigenvalue weighted by Gasteiger charge is -2.26. The van der Waals surface area contributed by atoms with Crippen LogP contribution in [0.1, 0.15) is 12.8 Å². The second-order valence-corrected chi connectivity index (χ2v) is 3.45. The van der Waals surface area contributed by atoms with Crippen molar-refractivity contribution < 1.29 is 0 Å². The van der Waals surface area contributed by atoms with E-state index in [2.05, 4.69) is 17.5 Å². The van der Waals surface area contributed by atoms with Crippen molar-refractivity contribution in [3.05, 3.63) is 12.2 Å². The first kappa shape index (κ1) is 6.38. The topological polar surface area (TPSA) is 38.0 Å². The summed E-state index contributed by atoms with van der Waals surface area (Å²) in [6.45, 7) is 2.26. The Morgan fingerprint density at radius 2 is 2.50 bits per heavy atom. The van der Waals surface area contributed by atoms with Crippen molar-refractivity contribution >= 4 is 0 Å². The highest BCUT2D eigenvalue weighted by Gasteiger charge is 2.39. The summed E-state index contributed by atoms with van der Waals surface area (Å²) in [5, 5.41) is 3.37. The van der Waals surface area contributed by atoms with Crippen LogP contribution in [0.4, 0.5) is 0 Å². The van der Waals surface area contributed by atoms with Gasteiger partial charge in [0.2, 0.25) is 0 Å². The maximum Gasteiger partial charge on any atom is 0.0296 e. The number of nitrogens with one attached hydrogen (secondary N) is 1. The lowest BCUT2D eigenvalue weighted by Crippen LogP contribution is -2.38. The van der Waals surface area contributed by atoms with Crippen molar-refractivity contribution in [1.29, 1.82) is 0 Å². The summed E-state index contributed by atoms with van der Waals surface area (Å²) in [6, 6.07) is 0.308.